The fraction of sp³-hybridized carbons (Fsp3) is 0.0400. The van der Waals surface area contributed by atoms with Gasteiger partial charge in [0.1, 0.15) is 0 Å². The molecule has 0 aromatic heterocycles. The van der Waals surface area contributed by atoms with Crippen molar-refractivity contribution < 1.29 is 0 Å². The molecule has 0 radical (unpaired) electrons. The number of benzene rings is 3. The summed E-state index contributed by atoms with van der Waals surface area (Å²) >= 11 is 0. The van der Waals surface area contributed by atoms with E-state index in [2.05, 4.69) is 103 Å². The van der Waals surface area contributed by atoms with E-state index >= 15 is 0 Å². The van der Waals surface area contributed by atoms with Gasteiger partial charge in [0.2, 0.25) is 0 Å². The van der Waals surface area contributed by atoms with Crippen molar-refractivity contribution in [3.8, 4) is 11.1 Å². The van der Waals surface area contributed by atoms with E-state index in [1.54, 1.807) is 0 Å². The average Bonchev–Trinajstić information content (AvgIpc) is 3.14. The molecular weight excluding hydrogens is 300 g/mol. The summed E-state index contributed by atoms with van der Waals surface area (Å²) < 4.78 is 0. The zero-order valence-corrected chi connectivity index (χ0v) is 13.9. The van der Waals surface area contributed by atoms with E-state index in [1.807, 2.05) is 0 Å². The molecule has 0 heterocycles. The first-order chi connectivity index (χ1) is 12.4. The van der Waals surface area contributed by atoms with Crippen LogP contribution >= 0.6 is 0 Å². The number of fused-ring (bicyclic) bond motifs is 3. The summed E-state index contributed by atoms with van der Waals surface area (Å²) in [6, 6.07) is 28.1. The lowest BCUT2D eigenvalue weighted by Crippen LogP contribution is -2.01. The Labute approximate surface area is 148 Å². The van der Waals surface area contributed by atoms with E-state index in [0.717, 1.165) is 0 Å². The van der Waals surface area contributed by atoms with Crippen LogP contribution in [0.5, 0.6) is 0 Å². The van der Waals surface area contributed by atoms with Crippen LogP contribution in [0, 0.1) is 0 Å². The van der Waals surface area contributed by atoms with Crippen LogP contribution in [-0.4, -0.2) is 0 Å². The molecule has 0 N–H and O–H groups in total. The summed E-state index contributed by atoms with van der Waals surface area (Å²) in [6.45, 7) is 0. The predicted octanol–water partition coefficient (Wildman–Crippen LogP) is 6.49. The van der Waals surface area contributed by atoms with Crippen LogP contribution in [-0.2, 0) is 0 Å². The van der Waals surface area contributed by atoms with Crippen LogP contribution < -0.4 is 0 Å². The Morgan fingerprint density at radius 2 is 1.36 bits per heavy atom. The van der Waals surface area contributed by atoms with Gasteiger partial charge in [-0.3, -0.25) is 0 Å². The van der Waals surface area contributed by atoms with Crippen molar-refractivity contribution >= 4 is 11.6 Å². The van der Waals surface area contributed by atoms with E-state index in [4.69, 9.17) is 0 Å². The van der Waals surface area contributed by atoms with Crippen LogP contribution in [0.3, 0.4) is 0 Å². The molecule has 2 aliphatic rings. The molecule has 1 unspecified atom stereocenters. The van der Waals surface area contributed by atoms with Crippen molar-refractivity contribution in [2.24, 2.45) is 0 Å². The third-order valence-electron chi connectivity index (χ3n) is 5.12. The van der Waals surface area contributed by atoms with Crippen LogP contribution in [0.25, 0.3) is 22.8 Å². The smallest absolute Gasteiger partial charge is 0.0284 e. The Hall–Kier alpha value is -3.12. The minimum absolute atomic E-state index is 0.386. The molecule has 2 aliphatic carbocycles. The highest BCUT2D eigenvalue weighted by molar-refractivity contribution is 5.85. The molecule has 0 fully saturated rings. The minimum atomic E-state index is 0.386. The SMILES string of the molecule is C1=Cc2ccccc2C2C=C(c3cccc(-c4ccccc4)c3)C=C12. The zero-order chi connectivity index (χ0) is 16.6. The first-order valence-electron chi connectivity index (χ1n) is 8.75. The molecule has 1 atom stereocenters. The molecule has 0 spiro atoms. The van der Waals surface area contributed by atoms with Gasteiger partial charge in [0, 0.05) is 5.92 Å². The standard InChI is InChI=1S/C25H18/c1-2-7-18(8-3-1)20-10-6-11-21(15-20)23-16-22-14-13-19-9-4-5-12-24(19)25(22)17-23/h1-17,25H. The maximum Gasteiger partial charge on any atom is 0.0284 e. The van der Waals surface area contributed by atoms with Gasteiger partial charge in [0.25, 0.3) is 0 Å². The number of hydrogen-bond acceptors (Lipinski definition) is 0. The van der Waals surface area contributed by atoms with Gasteiger partial charge in [0.05, 0.1) is 0 Å². The fourth-order valence-electron chi connectivity index (χ4n) is 3.83. The van der Waals surface area contributed by atoms with Gasteiger partial charge < -0.3 is 0 Å². The molecule has 25 heavy (non-hydrogen) atoms. The highest BCUT2D eigenvalue weighted by Crippen LogP contribution is 2.42. The summed E-state index contributed by atoms with van der Waals surface area (Å²) in [5.41, 5.74) is 9.26. The maximum absolute atomic E-state index is 2.40. The van der Waals surface area contributed by atoms with Gasteiger partial charge in [0.15, 0.2) is 0 Å². The van der Waals surface area contributed by atoms with Gasteiger partial charge in [-0.25, -0.2) is 0 Å². The van der Waals surface area contributed by atoms with Gasteiger partial charge in [-0.15, -0.1) is 0 Å². The molecule has 0 bridgehead atoms. The number of hydrogen-bond donors (Lipinski definition) is 0. The predicted molar refractivity (Wildman–Crippen MR) is 106 cm³/mol. The largest absolute Gasteiger partial charge is 0.0647 e. The zero-order valence-electron chi connectivity index (χ0n) is 13.9. The average molecular weight is 318 g/mol. The van der Waals surface area contributed by atoms with Gasteiger partial charge >= 0.3 is 0 Å². The molecule has 0 saturated carbocycles. The Kier molecular flexibility index (Phi) is 3.28. The van der Waals surface area contributed by atoms with Crippen molar-refractivity contribution in [3.05, 3.63) is 119 Å². The van der Waals surface area contributed by atoms with Crippen LogP contribution in [0.2, 0.25) is 0 Å². The highest BCUT2D eigenvalue weighted by atomic mass is 14.3. The third kappa shape index (κ3) is 2.47. The third-order valence-corrected chi connectivity index (χ3v) is 5.12. The highest BCUT2D eigenvalue weighted by Gasteiger charge is 2.24. The van der Waals surface area contributed by atoms with Crippen molar-refractivity contribution in [2.75, 3.05) is 0 Å². The summed E-state index contributed by atoms with van der Waals surface area (Å²) in [6.07, 6.45) is 9.23. The summed E-state index contributed by atoms with van der Waals surface area (Å²) in [4.78, 5) is 0. The first kappa shape index (κ1) is 14.2. The lowest BCUT2D eigenvalue weighted by atomic mass is 9.85. The van der Waals surface area contributed by atoms with E-state index in [9.17, 15) is 0 Å². The summed E-state index contributed by atoms with van der Waals surface area (Å²) in [7, 11) is 0. The minimum Gasteiger partial charge on any atom is -0.0647 e. The summed E-state index contributed by atoms with van der Waals surface area (Å²) in [5.74, 6) is 0.386. The van der Waals surface area contributed by atoms with Crippen LogP contribution in [0.15, 0.2) is 103 Å². The Morgan fingerprint density at radius 3 is 2.28 bits per heavy atom. The first-order valence-corrected chi connectivity index (χ1v) is 8.75. The fourth-order valence-corrected chi connectivity index (χ4v) is 3.83. The van der Waals surface area contributed by atoms with Gasteiger partial charge in [-0.2, -0.15) is 0 Å². The maximum atomic E-state index is 2.40. The van der Waals surface area contributed by atoms with Crippen molar-refractivity contribution in [3.63, 3.8) is 0 Å². The second-order valence-corrected chi connectivity index (χ2v) is 6.65. The second-order valence-electron chi connectivity index (χ2n) is 6.65. The van der Waals surface area contributed by atoms with Crippen molar-refractivity contribution in [2.45, 2.75) is 5.92 Å². The lowest BCUT2D eigenvalue weighted by molar-refractivity contribution is 1.03. The number of allylic oxidation sites excluding steroid dienone is 5. The Morgan fingerprint density at radius 1 is 0.600 bits per heavy atom. The number of rotatable bonds is 2. The molecule has 118 valence electrons. The Bertz CT molecular complexity index is 1030. The van der Waals surface area contributed by atoms with Crippen molar-refractivity contribution in [1.29, 1.82) is 0 Å². The molecule has 0 heteroatoms. The Balaban J connectivity index is 1.56. The second kappa shape index (κ2) is 5.75. The summed E-state index contributed by atoms with van der Waals surface area (Å²) in [5, 5.41) is 0. The molecule has 0 nitrogen and oxygen atoms in total. The molecule has 3 aromatic rings. The monoisotopic (exact) mass is 318 g/mol. The molecule has 3 aromatic carbocycles. The van der Waals surface area contributed by atoms with Crippen molar-refractivity contribution in [1.82, 2.24) is 0 Å². The topological polar surface area (TPSA) is 0 Å². The lowest BCUT2D eigenvalue weighted by Gasteiger charge is -2.18. The molecule has 0 amide bonds. The van der Waals surface area contributed by atoms with Gasteiger partial charge in [-0.1, -0.05) is 97.1 Å². The van der Waals surface area contributed by atoms with E-state index in [-0.39, 0.29) is 0 Å². The van der Waals surface area contributed by atoms with E-state index in [1.165, 1.54) is 39.0 Å². The van der Waals surface area contributed by atoms with Crippen LogP contribution in [0.1, 0.15) is 22.6 Å². The van der Waals surface area contributed by atoms with E-state index in [0.29, 0.717) is 5.92 Å². The normalized spacial score (nSPS) is 17.5. The molecular formula is C25H18. The quantitative estimate of drug-likeness (QED) is 0.507. The molecule has 5 rings (SSSR count). The molecule has 0 saturated heterocycles. The van der Waals surface area contributed by atoms with Gasteiger partial charge in [-0.05, 0) is 45.0 Å². The van der Waals surface area contributed by atoms with Crippen LogP contribution in [0.4, 0.5) is 0 Å². The molecule has 0 aliphatic heterocycles. The van der Waals surface area contributed by atoms with E-state index < -0.39 is 0 Å².